The number of ether oxygens (including phenoxy) is 1. The van der Waals surface area contributed by atoms with E-state index in [-0.39, 0.29) is 41.8 Å². The molecule has 0 atom stereocenters. The minimum Gasteiger partial charge on any atom is -0.484 e. The number of nitrogens with zero attached hydrogens (tertiary/aromatic N) is 4. The van der Waals surface area contributed by atoms with Crippen LogP contribution in [0.5, 0.6) is 5.75 Å². The second-order valence-corrected chi connectivity index (χ2v) is 6.88. The van der Waals surface area contributed by atoms with E-state index in [1.54, 1.807) is 12.1 Å². The summed E-state index contributed by atoms with van der Waals surface area (Å²) in [5, 5.41) is 6.78. The minimum absolute atomic E-state index is 0.0160. The topological polar surface area (TPSA) is 89.4 Å². The van der Waals surface area contributed by atoms with Crippen LogP contribution in [0.15, 0.2) is 48.8 Å². The zero-order chi connectivity index (χ0) is 22.9. The van der Waals surface area contributed by atoms with Crippen LogP contribution in [0, 0.1) is 5.82 Å². The Hall–Kier alpha value is -3.96. The van der Waals surface area contributed by atoms with E-state index in [1.807, 2.05) is 0 Å². The molecule has 166 valence electrons. The van der Waals surface area contributed by atoms with Crippen molar-refractivity contribution in [3.63, 3.8) is 0 Å². The van der Waals surface area contributed by atoms with Crippen molar-refractivity contribution in [3.05, 3.63) is 60.3 Å². The van der Waals surface area contributed by atoms with E-state index in [1.165, 1.54) is 34.1 Å². The van der Waals surface area contributed by atoms with E-state index in [0.717, 1.165) is 12.1 Å². The van der Waals surface area contributed by atoms with Gasteiger partial charge >= 0.3 is 6.18 Å². The fraction of sp³-hybridized carbons (Fsp3) is 0.200. The molecule has 2 amide bonds. The fourth-order valence-electron chi connectivity index (χ4n) is 3.10. The van der Waals surface area contributed by atoms with Gasteiger partial charge in [-0.25, -0.2) is 9.07 Å². The van der Waals surface area contributed by atoms with E-state index < -0.39 is 24.5 Å². The number of benzene rings is 1. The molecular formula is C20H15F4N5O3. The lowest BCUT2D eigenvalue weighted by Crippen LogP contribution is -2.30. The summed E-state index contributed by atoms with van der Waals surface area (Å²) in [6, 6.07) is 7.75. The molecule has 1 N–H and O–H groups in total. The third kappa shape index (κ3) is 4.68. The molecule has 0 aliphatic carbocycles. The Bertz CT molecular complexity index is 1160. The summed E-state index contributed by atoms with van der Waals surface area (Å²) in [6.07, 6.45) is -1.62. The van der Waals surface area contributed by atoms with Gasteiger partial charge in [0.15, 0.2) is 12.3 Å². The highest BCUT2D eigenvalue weighted by atomic mass is 19.4. The lowest BCUT2D eigenvalue weighted by atomic mass is 10.1. The van der Waals surface area contributed by atoms with Gasteiger partial charge in [-0.3, -0.25) is 14.6 Å². The Labute approximate surface area is 178 Å². The maximum Gasteiger partial charge on any atom is 0.422 e. The number of carbonyl (C=O) groups is 2. The van der Waals surface area contributed by atoms with Gasteiger partial charge in [0.25, 0.3) is 5.91 Å². The van der Waals surface area contributed by atoms with Crippen LogP contribution in [0.4, 0.5) is 17.6 Å². The summed E-state index contributed by atoms with van der Waals surface area (Å²) in [4.78, 5) is 29.5. The number of carbonyl (C=O) groups excluding carboxylic acids is 2. The van der Waals surface area contributed by atoms with E-state index in [2.05, 4.69) is 20.1 Å². The van der Waals surface area contributed by atoms with Crippen molar-refractivity contribution in [2.45, 2.75) is 6.18 Å². The van der Waals surface area contributed by atoms with Crippen molar-refractivity contribution >= 4 is 11.8 Å². The summed E-state index contributed by atoms with van der Waals surface area (Å²) >= 11 is 0. The maximum absolute atomic E-state index is 14.2. The van der Waals surface area contributed by atoms with Gasteiger partial charge in [-0.15, -0.1) is 0 Å². The van der Waals surface area contributed by atoms with Crippen molar-refractivity contribution in [2.24, 2.45) is 0 Å². The first kappa shape index (κ1) is 21.3. The summed E-state index contributed by atoms with van der Waals surface area (Å²) < 4.78 is 57.7. The lowest BCUT2D eigenvalue weighted by Gasteiger charge is -2.12. The smallest absolute Gasteiger partial charge is 0.422 e. The molecule has 2 aromatic heterocycles. The molecule has 32 heavy (non-hydrogen) atoms. The van der Waals surface area contributed by atoms with Crippen LogP contribution in [-0.2, 0) is 4.79 Å². The zero-order valence-electron chi connectivity index (χ0n) is 16.3. The second-order valence-electron chi connectivity index (χ2n) is 6.88. The number of amides is 2. The SMILES string of the molecule is O=C1CN(C(=O)c2cc(-c3cc(F)cc(OCC(F)(F)F)c3)n(-c3cccnc3)n2)CN1. The number of aromatic nitrogens is 3. The monoisotopic (exact) mass is 449 g/mol. The molecule has 3 aromatic rings. The largest absolute Gasteiger partial charge is 0.484 e. The van der Waals surface area contributed by atoms with Gasteiger partial charge in [0, 0.05) is 17.8 Å². The zero-order valence-corrected chi connectivity index (χ0v) is 16.3. The van der Waals surface area contributed by atoms with Crippen LogP contribution >= 0.6 is 0 Å². The predicted molar refractivity (Wildman–Crippen MR) is 102 cm³/mol. The van der Waals surface area contributed by atoms with Crippen LogP contribution in [0.3, 0.4) is 0 Å². The molecule has 1 aliphatic rings. The first-order chi connectivity index (χ1) is 15.2. The molecule has 8 nitrogen and oxygen atoms in total. The number of hydrogen-bond acceptors (Lipinski definition) is 5. The molecule has 1 aliphatic heterocycles. The van der Waals surface area contributed by atoms with Crippen molar-refractivity contribution < 1.29 is 31.9 Å². The Morgan fingerprint density at radius 2 is 2.03 bits per heavy atom. The Kier molecular flexibility index (Phi) is 5.51. The predicted octanol–water partition coefficient (Wildman–Crippen LogP) is 2.54. The molecule has 1 fully saturated rings. The van der Waals surface area contributed by atoms with E-state index in [4.69, 9.17) is 0 Å². The Balaban J connectivity index is 1.76. The maximum atomic E-state index is 14.2. The molecule has 0 radical (unpaired) electrons. The van der Waals surface area contributed by atoms with Crippen LogP contribution in [0.2, 0.25) is 0 Å². The molecule has 0 saturated carbocycles. The van der Waals surface area contributed by atoms with Crippen LogP contribution < -0.4 is 10.1 Å². The van der Waals surface area contributed by atoms with Gasteiger partial charge in [-0.1, -0.05) is 0 Å². The molecule has 3 heterocycles. The van der Waals surface area contributed by atoms with Crippen molar-refractivity contribution in [2.75, 3.05) is 19.8 Å². The third-order valence-corrected chi connectivity index (χ3v) is 4.48. The fourth-order valence-corrected chi connectivity index (χ4v) is 3.10. The Morgan fingerprint density at radius 3 is 2.69 bits per heavy atom. The minimum atomic E-state index is -4.59. The third-order valence-electron chi connectivity index (χ3n) is 4.48. The molecule has 0 bridgehead atoms. The number of rotatable bonds is 5. The van der Waals surface area contributed by atoms with Crippen molar-refractivity contribution in [3.8, 4) is 22.7 Å². The number of pyridine rings is 1. The van der Waals surface area contributed by atoms with Crippen molar-refractivity contribution in [1.29, 1.82) is 0 Å². The van der Waals surface area contributed by atoms with Gasteiger partial charge in [-0.05, 0) is 30.3 Å². The summed E-state index contributed by atoms with van der Waals surface area (Å²) in [6.45, 7) is -1.71. The standard InChI is InChI=1S/C20H15F4N5O3/c21-13-4-12(5-15(6-13)32-10-20(22,23)24)17-7-16(19(31)28-9-18(30)26-11-28)27-29(17)14-2-1-3-25-8-14/h1-8H,9-11H2,(H,26,30). The molecular weight excluding hydrogens is 434 g/mol. The van der Waals surface area contributed by atoms with Crippen molar-refractivity contribution in [1.82, 2.24) is 25.0 Å². The van der Waals surface area contributed by atoms with Gasteiger partial charge in [0.1, 0.15) is 18.1 Å². The van der Waals surface area contributed by atoms with Gasteiger partial charge in [0.05, 0.1) is 24.2 Å². The first-order valence-corrected chi connectivity index (χ1v) is 9.26. The highest BCUT2D eigenvalue weighted by Crippen LogP contribution is 2.30. The van der Waals surface area contributed by atoms with Crippen LogP contribution in [0.25, 0.3) is 16.9 Å². The number of hydrogen-bond donors (Lipinski definition) is 1. The number of halogens is 4. The van der Waals surface area contributed by atoms with Gasteiger partial charge < -0.3 is 15.0 Å². The Morgan fingerprint density at radius 1 is 1.22 bits per heavy atom. The molecule has 12 heteroatoms. The highest BCUT2D eigenvalue weighted by Gasteiger charge is 2.29. The van der Waals surface area contributed by atoms with E-state index in [0.29, 0.717) is 5.69 Å². The van der Waals surface area contributed by atoms with E-state index >= 15 is 0 Å². The average Bonchev–Trinajstić information content (AvgIpc) is 3.38. The number of nitrogens with one attached hydrogen (secondary N) is 1. The van der Waals surface area contributed by atoms with Crippen LogP contribution in [-0.4, -0.2) is 57.5 Å². The summed E-state index contributed by atoms with van der Waals surface area (Å²) in [7, 11) is 0. The molecule has 1 saturated heterocycles. The number of alkyl halides is 3. The molecule has 0 unspecified atom stereocenters. The first-order valence-electron chi connectivity index (χ1n) is 9.26. The molecule has 1 aromatic carbocycles. The van der Waals surface area contributed by atoms with Crippen LogP contribution in [0.1, 0.15) is 10.5 Å². The lowest BCUT2D eigenvalue weighted by molar-refractivity contribution is -0.153. The normalized spacial score (nSPS) is 13.9. The summed E-state index contributed by atoms with van der Waals surface area (Å²) in [5.74, 6) is -2.03. The van der Waals surface area contributed by atoms with Gasteiger partial charge in [-0.2, -0.15) is 18.3 Å². The van der Waals surface area contributed by atoms with Gasteiger partial charge in [0.2, 0.25) is 5.91 Å². The second kappa shape index (κ2) is 8.29. The van der Waals surface area contributed by atoms with E-state index in [9.17, 15) is 27.2 Å². The highest BCUT2D eigenvalue weighted by molar-refractivity contribution is 5.97. The quantitative estimate of drug-likeness (QED) is 0.605. The average molecular weight is 449 g/mol. The summed E-state index contributed by atoms with van der Waals surface area (Å²) in [5.41, 5.74) is 0.742. The molecule has 0 spiro atoms. The molecule has 4 rings (SSSR count).